The van der Waals surface area contributed by atoms with Crippen LogP contribution < -0.4 is 4.74 Å². The summed E-state index contributed by atoms with van der Waals surface area (Å²) < 4.78 is 7.43. The van der Waals surface area contributed by atoms with Crippen LogP contribution in [0.15, 0.2) is 18.2 Å². The first-order valence-electron chi connectivity index (χ1n) is 7.89. The van der Waals surface area contributed by atoms with Gasteiger partial charge in [0, 0.05) is 12.7 Å². The summed E-state index contributed by atoms with van der Waals surface area (Å²) in [6, 6.07) is 5.79. The van der Waals surface area contributed by atoms with Gasteiger partial charge in [0.25, 0.3) is 0 Å². The van der Waals surface area contributed by atoms with Crippen molar-refractivity contribution in [3.05, 3.63) is 51.8 Å². The lowest BCUT2D eigenvalue weighted by Gasteiger charge is -2.12. The van der Waals surface area contributed by atoms with Crippen LogP contribution >= 0.6 is 0 Å². The van der Waals surface area contributed by atoms with E-state index in [2.05, 4.69) is 10.1 Å². The number of rotatable bonds is 2. The maximum atomic E-state index is 12.8. The van der Waals surface area contributed by atoms with Crippen molar-refractivity contribution >= 4 is 17.0 Å². The van der Waals surface area contributed by atoms with Crippen molar-refractivity contribution in [2.45, 2.75) is 34.6 Å². The van der Waals surface area contributed by atoms with Gasteiger partial charge in [0.2, 0.25) is 0 Å². The van der Waals surface area contributed by atoms with Crippen LogP contribution in [0.3, 0.4) is 0 Å². The zero-order valence-electron chi connectivity index (χ0n) is 14.9. The van der Waals surface area contributed by atoms with Gasteiger partial charge < -0.3 is 4.74 Å². The summed E-state index contributed by atoms with van der Waals surface area (Å²) in [5, 5.41) is 5.12. The average Bonchev–Trinajstić information content (AvgIpc) is 2.76. The fraction of sp³-hybridized carbons (Fsp3) is 0.316. The molecule has 5 heteroatoms. The lowest BCUT2D eigenvalue weighted by molar-refractivity contribution is 0.0734. The molecule has 0 unspecified atom stereocenters. The molecule has 2 heterocycles. The molecule has 0 saturated heterocycles. The summed E-state index contributed by atoms with van der Waals surface area (Å²) in [5.41, 5.74) is 5.77. The molecule has 124 valence electrons. The topological polar surface area (TPSA) is 57.0 Å². The Morgan fingerprint density at radius 2 is 1.67 bits per heavy atom. The van der Waals surface area contributed by atoms with Crippen LogP contribution in [0.5, 0.6) is 5.75 Å². The van der Waals surface area contributed by atoms with Crippen LogP contribution in [-0.4, -0.2) is 20.7 Å². The maximum absolute atomic E-state index is 12.8. The summed E-state index contributed by atoms with van der Waals surface area (Å²) in [6.07, 6.45) is 0. The molecule has 1 aromatic carbocycles. The molecule has 0 spiro atoms. The number of benzene rings is 1. The standard InChI is InChI=1S/C19H21N3O2/c1-10-7-11(2)17(12(3)8-10)24-19(23)15-9-13(4)20-18-16(15)14(5)21-22(18)6/h7-9H,1-6H3. The van der Waals surface area contributed by atoms with Crippen LogP contribution in [0, 0.1) is 34.6 Å². The molecule has 3 rings (SSSR count). The number of fused-ring (bicyclic) bond motifs is 1. The molecule has 0 aliphatic heterocycles. The third-order valence-corrected chi connectivity index (χ3v) is 4.12. The van der Waals surface area contributed by atoms with Gasteiger partial charge in [-0.15, -0.1) is 0 Å². The van der Waals surface area contributed by atoms with Gasteiger partial charge in [0.15, 0.2) is 5.65 Å². The molecule has 3 aromatic rings. The smallest absolute Gasteiger partial charge is 0.344 e. The highest BCUT2D eigenvalue weighted by atomic mass is 16.5. The lowest BCUT2D eigenvalue weighted by atomic mass is 10.1. The molecule has 0 radical (unpaired) electrons. The van der Waals surface area contributed by atoms with E-state index in [9.17, 15) is 4.79 Å². The minimum Gasteiger partial charge on any atom is -0.422 e. The summed E-state index contributed by atoms with van der Waals surface area (Å²) in [5.74, 6) is 0.242. The summed E-state index contributed by atoms with van der Waals surface area (Å²) in [6.45, 7) is 9.66. The Kier molecular flexibility index (Phi) is 3.87. The second-order valence-electron chi connectivity index (χ2n) is 6.34. The van der Waals surface area contributed by atoms with Gasteiger partial charge in [-0.3, -0.25) is 4.68 Å². The number of pyridine rings is 1. The van der Waals surface area contributed by atoms with Gasteiger partial charge in [0.1, 0.15) is 5.75 Å². The highest BCUT2D eigenvalue weighted by Crippen LogP contribution is 2.28. The monoisotopic (exact) mass is 323 g/mol. The second-order valence-corrected chi connectivity index (χ2v) is 6.34. The molecular formula is C19H21N3O2. The van der Waals surface area contributed by atoms with Crippen molar-refractivity contribution in [1.82, 2.24) is 14.8 Å². The Bertz CT molecular complexity index is 947. The Labute approximate surface area is 141 Å². The van der Waals surface area contributed by atoms with Gasteiger partial charge in [-0.1, -0.05) is 17.7 Å². The number of hydrogen-bond acceptors (Lipinski definition) is 4. The van der Waals surface area contributed by atoms with Gasteiger partial charge in [0.05, 0.1) is 16.6 Å². The Morgan fingerprint density at radius 3 is 2.29 bits per heavy atom. The minimum atomic E-state index is -0.378. The van der Waals surface area contributed by atoms with Gasteiger partial charge in [-0.25, -0.2) is 9.78 Å². The van der Waals surface area contributed by atoms with E-state index in [1.54, 1.807) is 10.7 Å². The number of ether oxygens (including phenoxy) is 1. The summed E-state index contributed by atoms with van der Waals surface area (Å²) in [7, 11) is 1.82. The first kappa shape index (κ1) is 16.2. The average molecular weight is 323 g/mol. The predicted molar refractivity (Wildman–Crippen MR) is 93.6 cm³/mol. The number of hydrogen-bond donors (Lipinski definition) is 0. The number of aryl methyl sites for hydroxylation is 6. The third-order valence-electron chi connectivity index (χ3n) is 4.12. The van der Waals surface area contributed by atoms with E-state index >= 15 is 0 Å². The van der Waals surface area contributed by atoms with E-state index in [1.165, 1.54) is 0 Å². The van der Waals surface area contributed by atoms with E-state index in [0.717, 1.165) is 33.5 Å². The third kappa shape index (κ3) is 2.66. The molecule has 0 bridgehead atoms. The van der Waals surface area contributed by atoms with Gasteiger partial charge in [-0.05, 0) is 51.8 Å². The predicted octanol–water partition coefficient (Wildman–Crippen LogP) is 3.73. The van der Waals surface area contributed by atoms with Crippen molar-refractivity contribution in [1.29, 1.82) is 0 Å². The van der Waals surface area contributed by atoms with Crippen LogP contribution in [0.25, 0.3) is 11.0 Å². The number of carbonyl (C=O) groups excluding carboxylic acids is 1. The zero-order chi connectivity index (χ0) is 17.6. The Hall–Kier alpha value is -2.69. The molecule has 0 atom stereocenters. The molecule has 0 aliphatic rings. The first-order valence-corrected chi connectivity index (χ1v) is 7.89. The molecule has 2 aromatic heterocycles. The SMILES string of the molecule is Cc1cc(C)c(OC(=O)c2cc(C)nc3c2c(C)nn3C)c(C)c1. The number of aromatic nitrogens is 3. The number of nitrogens with zero attached hydrogens (tertiary/aromatic N) is 3. The quantitative estimate of drug-likeness (QED) is 0.532. The molecule has 0 saturated carbocycles. The fourth-order valence-corrected chi connectivity index (χ4v) is 3.21. The fourth-order valence-electron chi connectivity index (χ4n) is 3.21. The molecule has 0 fully saturated rings. The Morgan fingerprint density at radius 1 is 1.04 bits per heavy atom. The molecular weight excluding hydrogens is 302 g/mol. The van der Waals surface area contributed by atoms with Crippen LogP contribution in [0.1, 0.15) is 38.4 Å². The summed E-state index contributed by atoms with van der Waals surface area (Å²) >= 11 is 0. The van der Waals surface area contributed by atoms with Crippen molar-refractivity contribution in [2.75, 3.05) is 0 Å². The highest BCUT2D eigenvalue weighted by Gasteiger charge is 2.20. The normalized spacial score (nSPS) is 11.1. The van der Waals surface area contributed by atoms with E-state index in [0.29, 0.717) is 17.0 Å². The van der Waals surface area contributed by atoms with E-state index in [4.69, 9.17) is 4.74 Å². The first-order chi connectivity index (χ1) is 11.3. The van der Waals surface area contributed by atoms with Gasteiger partial charge in [-0.2, -0.15) is 5.10 Å². The molecule has 0 aliphatic carbocycles. The molecule has 24 heavy (non-hydrogen) atoms. The maximum Gasteiger partial charge on any atom is 0.344 e. The van der Waals surface area contributed by atoms with E-state index in [-0.39, 0.29) is 5.97 Å². The van der Waals surface area contributed by atoms with Crippen molar-refractivity contribution < 1.29 is 9.53 Å². The van der Waals surface area contributed by atoms with Crippen LogP contribution in [0.2, 0.25) is 0 Å². The molecule has 0 N–H and O–H groups in total. The second kappa shape index (κ2) is 5.74. The minimum absolute atomic E-state index is 0.378. The van der Waals surface area contributed by atoms with Crippen LogP contribution in [-0.2, 0) is 7.05 Å². The number of esters is 1. The Balaban J connectivity index is 2.10. The van der Waals surface area contributed by atoms with Crippen molar-refractivity contribution in [3.63, 3.8) is 0 Å². The molecule has 0 amide bonds. The lowest BCUT2D eigenvalue weighted by Crippen LogP contribution is -2.12. The van der Waals surface area contributed by atoms with E-state index in [1.807, 2.05) is 53.8 Å². The highest BCUT2D eigenvalue weighted by molar-refractivity contribution is 6.04. The molecule has 5 nitrogen and oxygen atoms in total. The summed E-state index contributed by atoms with van der Waals surface area (Å²) in [4.78, 5) is 17.3. The number of carbonyl (C=O) groups is 1. The van der Waals surface area contributed by atoms with Crippen LogP contribution in [0.4, 0.5) is 0 Å². The van der Waals surface area contributed by atoms with E-state index < -0.39 is 0 Å². The van der Waals surface area contributed by atoms with Gasteiger partial charge >= 0.3 is 5.97 Å². The largest absolute Gasteiger partial charge is 0.422 e. The zero-order valence-corrected chi connectivity index (χ0v) is 14.9. The van der Waals surface area contributed by atoms with Crippen molar-refractivity contribution in [3.8, 4) is 5.75 Å². The van der Waals surface area contributed by atoms with Crippen molar-refractivity contribution in [2.24, 2.45) is 7.05 Å².